The molecule has 2 aromatic heterocycles. The summed E-state index contributed by atoms with van der Waals surface area (Å²) in [7, 11) is 0. The van der Waals surface area contributed by atoms with Gasteiger partial charge in [-0.2, -0.15) is 0 Å². The van der Waals surface area contributed by atoms with Gasteiger partial charge in [0.2, 0.25) is 5.88 Å². The smallest absolute Gasteiger partial charge is 0.218 e. The molecule has 0 saturated heterocycles. The van der Waals surface area contributed by atoms with Crippen molar-refractivity contribution in [3.05, 3.63) is 30.2 Å². The second-order valence-corrected chi connectivity index (χ2v) is 6.96. The fourth-order valence-corrected chi connectivity index (χ4v) is 2.79. The Kier molecular flexibility index (Phi) is 4.36. The van der Waals surface area contributed by atoms with Crippen molar-refractivity contribution in [2.24, 2.45) is 11.8 Å². The molecular formula is C18H24N4O2. The molecule has 0 aliphatic heterocycles. The summed E-state index contributed by atoms with van der Waals surface area (Å²) in [6, 6.07) is 1.97. The van der Waals surface area contributed by atoms with Gasteiger partial charge in [0.05, 0.1) is 12.3 Å². The minimum absolute atomic E-state index is 0.685. The van der Waals surface area contributed by atoms with E-state index >= 15 is 0 Å². The molecule has 2 aliphatic carbocycles. The number of anilines is 1. The molecule has 6 nitrogen and oxygen atoms in total. The van der Waals surface area contributed by atoms with E-state index in [4.69, 9.17) is 9.15 Å². The van der Waals surface area contributed by atoms with E-state index in [1.807, 2.05) is 13.0 Å². The number of ether oxygens (including phenoxy) is 1. The van der Waals surface area contributed by atoms with Crippen LogP contribution in [0.15, 0.2) is 23.2 Å². The maximum absolute atomic E-state index is 5.81. The third-order valence-electron chi connectivity index (χ3n) is 4.75. The molecule has 0 unspecified atom stereocenters. The highest BCUT2D eigenvalue weighted by atomic mass is 16.5. The number of hydrogen-bond acceptors (Lipinski definition) is 6. The average molecular weight is 328 g/mol. The lowest BCUT2D eigenvalue weighted by Gasteiger charge is -2.23. The van der Waals surface area contributed by atoms with E-state index in [9.17, 15) is 0 Å². The van der Waals surface area contributed by atoms with Gasteiger partial charge in [-0.3, -0.25) is 0 Å². The molecule has 0 N–H and O–H groups in total. The summed E-state index contributed by atoms with van der Waals surface area (Å²) >= 11 is 0. The van der Waals surface area contributed by atoms with Crippen LogP contribution in [-0.4, -0.2) is 34.6 Å². The third kappa shape index (κ3) is 4.04. The molecule has 2 fully saturated rings. The van der Waals surface area contributed by atoms with E-state index in [1.165, 1.54) is 32.1 Å². The first-order valence-corrected chi connectivity index (χ1v) is 8.86. The fourth-order valence-electron chi connectivity index (χ4n) is 2.79. The van der Waals surface area contributed by atoms with Crippen molar-refractivity contribution in [2.45, 2.75) is 39.0 Å². The van der Waals surface area contributed by atoms with Crippen LogP contribution in [0.5, 0.6) is 5.88 Å². The third-order valence-corrected chi connectivity index (χ3v) is 4.75. The molecule has 0 aromatic carbocycles. The van der Waals surface area contributed by atoms with Gasteiger partial charge in [-0.15, -0.1) is 0 Å². The molecular weight excluding hydrogens is 304 g/mol. The first kappa shape index (κ1) is 15.4. The number of aryl methyl sites for hydroxylation is 1. The number of aromatic nitrogens is 3. The molecule has 0 spiro atoms. The van der Waals surface area contributed by atoms with Crippen LogP contribution in [0.1, 0.15) is 37.1 Å². The average Bonchev–Trinajstić information content (AvgIpc) is 3.51. The van der Waals surface area contributed by atoms with Crippen LogP contribution < -0.4 is 9.64 Å². The lowest BCUT2D eigenvalue weighted by molar-refractivity contribution is 0.288. The van der Waals surface area contributed by atoms with Gasteiger partial charge in [-0.05, 0) is 44.4 Å². The summed E-state index contributed by atoms with van der Waals surface area (Å²) in [6.07, 6.45) is 9.18. The summed E-state index contributed by atoms with van der Waals surface area (Å²) in [5, 5.41) is 0. The predicted octanol–water partition coefficient (Wildman–Crippen LogP) is 3.02. The predicted molar refractivity (Wildman–Crippen MR) is 90.1 cm³/mol. The van der Waals surface area contributed by atoms with Crippen molar-refractivity contribution in [3.63, 3.8) is 0 Å². The number of rotatable bonds is 9. The Hall–Kier alpha value is -2.11. The largest absolute Gasteiger partial charge is 0.477 e. The standard InChI is InChI=1S/C18H24N4O2/c1-13-16(21-12-24-13)6-7-22(9-14-2-3-14)17-8-18(20-11-19-17)23-10-15-4-5-15/h8,11-12,14-15H,2-7,9-10H2,1H3. The topological polar surface area (TPSA) is 64.3 Å². The van der Waals surface area contributed by atoms with Crippen LogP contribution in [-0.2, 0) is 6.42 Å². The molecule has 0 atom stereocenters. The van der Waals surface area contributed by atoms with E-state index in [0.29, 0.717) is 5.88 Å². The van der Waals surface area contributed by atoms with Gasteiger partial charge in [0.1, 0.15) is 17.9 Å². The Balaban J connectivity index is 1.43. The van der Waals surface area contributed by atoms with Crippen molar-refractivity contribution in [1.82, 2.24) is 15.0 Å². The van der Waals surface area contributed by atoms with Crippen molar-refractivity contribution in [2.75, 3.05) is 24.6 Å². The van der Waals surface area contributed by atoms with Crippen molar-refractivity contribution < 1.29 is 9.15 Å². The fraction of sp³-hybridized carbons (Fsp3) is 0.611. The summed E-state index contributed by atoms with van der Waals surface area (Å²) in [5.74, 6) is 4.04. The normalized spacial score (nSPS) is 17.0. The van der Waals surface area contributed by atoms with Crippen LogP contribution in [0.25, 0.3) is 0 Å². The summed E-state index contributed by atoms with van der Waals surface area (Å²) in [4.78, 5) is 15.4. The number of oxazole rings is 1. The molecule has 24 heavy (non-hydrogen) atoms. The Bertz CT molecular complexity index is 679. The second-order valence-electron chi connectivity index (χ2n) is 6.96. The minimum atomic E-state index is 0.685. The minimum Gasteiger partial charge on any atom is -0.477 e. The van der Waals surface area contributed by atoms with E-state index in [1.54, 1.807) is 6.33 Å². The zero-order valence-electron chi connectivity index (χ0n) is 14.1. The number of nitrogens with zero attached hydrogens (tertiary/aromatic N) is 4. The van der Waals surface area contributed by atoms with Gasteiger partial charge >= 0.3 is 0 Å². The highest BCUT2D eigenvalue weighted by Crippen LogP contribution is 2.32. The quantitative estimate of drug-likeness (QED) is 0.705. The van der Waals surface area contributed by atoms with E-state index in [0.717, 1.165) is 55.2 Å². The molecule has 128 valence electrons. The van der Waals surface area contributed by atoms with E-state index in [2.05, 4.69) is 19.9 Å². The summed E-state index contributed by atoms with van der Waals surface area (Å²) < 4.78 is 11.1. The van der Waals surface area contributed by atoms with Crippen LogP contribution in [0.2, 0.25) is 0 Å². The Morgan fingerprint density at radius 1 is 1.17 bits per heavy atom. The molecule has 2 aromatic rings. The lowest BCUT2D eigenvalue weighted by atomic mass is 10.2. The zero-order chi connectivity index (χ0) is 16.4. The van der Waals surface area contributed by atoms with Crippen LogP contribution in [0.4, 0.5) is 5.82 Å². The Labute approximate surface area is 142 Å². The Morgan fingerprint density at radius 2 is 2.00 bits per heavy atom. The van der Waals surface area contributed by atoms with E-state index < -0.39 is 0 Å². The van der Waals surface area contributed by atoms with Crippen molar-refractivity contribution in [1.29, 1.82) is 0 Å². The molecule has 0 amide bonds. The van der Waals surface area contributed by atoms with Crippen LogP contribution >= 0.6 is 0 Å². The molecule has 6 heteroatoms. The molecule has 2 saturated carbocycles. The van der Waals surface area contributed by atoms with Crippen LogP contribution in [0.3, 0.4) is 0 Å². The van der Waals surface area contributed by atoms with Gasteiger partial charge < -0.3 is 14.1 Å². The van der Waals surface area contributed by atoms with Gasteiger partial charge in [-0.1, -0.05) is 0 Å². The summed E-state index contributed by atoms with van der Waals surface area (Å²) in [5.41, 5.74) is 1.02. The van der Waals surface area contributed by atoms with Gasteiger partial charge in [0.15, 0.2) is 6.39 Å². The molecule has 2 heterocycles. The highest BCUT2D eigenvalue weighted by Gasteiger charge is 2.26. The maximum atomic E-state index is 5.81. The molecule has 2 aliphatic rings. The summed E-state index contributed by atoms with van der Waals surface area (Å²) in [6.45, 7) is 4.65. The molecule has 4 rings (SSSR count). The van der Waals surface area contributed by atoms with Gasteiger partial charge in [0, 0.05) is 25.6 Å². The highest BCUT2D eigenvalue weighted by molar-refractivity contribution is 5.41. The molecule has 0 bridgehead atoms. The SMILES string of the molecule is Cc1ocnc1CCN(CC1CC1)c1cc(OCC2CC2)ncn1. The van der Waals surface area contributed by atoms with Crippen molar-refractivity contribution in [3.8, 4) is 5.88 Å². The van der Waals surface area contributed by atoms with Gasteiger partial charge in [0.25, 0.3) is 0 Å². The first-order valence-electron chi connectivity index (χ1n) is 8.86. The molecule has 0 radical (unpaired) electrons. The number of hydrogen-bond donors (Lipinski definition) is 0. The van der Waals surface area contributed by atoms with E-state index in [-0.39, 0.29) is 0 Å². The Morgan fingerprint density at radius 3 is 2.71 bits per heavy atom. The first-order chi connectivity index (χ1) is 11.8. The van der Waals surface area contributed by atoms with Crippen molar-refractivity contribution >= 4 is 5.82 Å². The van der Waals surface area contributed by atoms with Gasteiger partial charge in [-0.25, -0.2) is 15.0 Å². The monoisotopic (exact) mass is 328 g/mol. The zero-order valence-corrected chi connectivity index (χ0v) is 14.1. The maximum Gasteiger partial charge on any atom is 0.218 e. The lowest BCUT2D eigenvalue weighted by Crippen LogP contribution is -2.29. The second kappa shape index (κ2) is 6.79. The van der Waals surface area contributed by atoms with Crippen LogP contribution in [0, 0.1) is 18.8 Å².